The molecule has 100 valence electrons. The minimum absolute atomic E-state index is 0.221. The fraction of sp³-hybridized carbons (Fsp3) is 0.462. The molecule has 18 heavy (non-hydrogen) atoms. The van der Waals surface area contributed by atoms with Crippen molar-refractivity contribution in [3.05, 3.63) is 28.8 Å². The number of aliphatic carboxylic acids is 1. The van der Waals surface area contributed by atoms with Crippen LogP contribution in [0, 0.1) is 19.8 Å². The molecule has 1 N–H and O–H groups in total. The molecule has 4 nitrogen and oxygen atoms in total. The number of carboxylic acid groups (broad SMARTS) is 1. The van der Waals surface area contributed by atoms with Crippen molar-refractivity contribution < 1.29 is 18.3 Å². The Hall–Kier alpha value is -1.36. The fourth-order valence-electron chi connectivity index (χ4n) is 1.77. The van der Waals surface area contributed by atoms with Crippen LogP contribution in [0.2, 0.25) is 0 Å². The van der Waals surface area contributed by atoms with Gasteiger partial charge in [-0.1, -0.05) is 13.0 Å². The van der Waals surface area contributed by atoms with Gasteiger partial charge in [0.2, 0.25) is 0 Å². The molecule has 0 aliphatic rings. The zero-order valence-corrected chi connectivity index (χ0v) is 11.8. The number of rotatable bonds is 4. The third kappa shape index (κ3) is 3.32. The fourth-order valence-corrected chi connectivity index (χ4v) is 2.78. The van der Waals surface area contributed by atoms with E-state index < -0.39 is 21.7 Å². The lowest BCUT2D eigenvalue weighted by Gasteiger charge is -2.13. The van der Waals surface area contributed by atoms with E-state index in [-0.39, 0.29) is 11.3 Å². The Kier molecular flexibility index (Phi) is 4.16. The van der Waals surface area contributed by atoms with Crippen LogP contribution in [0.15, 0.2) is 17.0 Å². The number of hydrogen-bond donors (Lipinski definition) is 1. The summed E-state index contributed by atoms with van der Waals surface area (Å²) in [6.07, 6.45) is 1.37. The van der Waals surface area contributed by atoms with E-state index >= 15 is 0 Å². The van der Waals surface area contributed by atoms with E-state index in [1.807, 2.05) is 13.8 Å². The normalized spacial score (nSPS) is 13.3. The summed E-state index contributed by atoms with van der Waals surface area (Å²) < 4.78 is 23.4. The van der Waals surface area contributed by atoms with Gasteiger partial charge in [-0.15, -0.1) is 0 Å². The van der Waals surface area contributed by atoms with E-state index in [1.165, 1.54) is 0 Å². The van der Waals surface area contributed by atoms with Gasteiger partial charge in [-0.3, -0.25) is 4.79 Å². The van der Waals surface area contributed by atoms with E-state index in [9.17, 15) is 13.2 Å². The Morgan fingerprint density at radius 2 is 1.78 bits per heavy atom. The molecule has 0 spiro atoms. The summed E-state index contributed by atoms with van der Waals surface area (Å²) in [7, 11) is -3.34. The summed E-state index contributed by atoms with van der Waals surface area (Å²) in [6.45, 7) is 5.30. The molecule has 0 saturated carbocycles. The largest absolute Gasteiger partial charge is 0.481 e. The van der Waals surface area contributed by atoms with Gasteiger partial charge in [-0.2, -0.15) is 0 Å². The maximum Gasteiger partial charge on any atom is 0.306 e. The molecule has 1 atom stereocenters. The first-order chi connectivity index (χ1) is 8.12. The molecule has 1 aromatic carbocycles. The van der Waals surface area contributed by atoms with Crippen molar-refractivity contribution in [3.63, 3.8) is 0 Å². The standard InChI is InChI=1S/C13H18O4S/c1-8-5-11(6-10(3)13(14)15)12(7-9(8)2)18(4,16)17/h5,7,10H,6H2,1-4H3,(H,14,15). The molecule has 0 aromatic heterocycles. The highest BCUT2D eigenvalue weighted by molar-refractivity contribution is 7.90. The van der Waals surface area contributed by atoms with E-state index in [1.54, 1.807) is 19.1 Å². The van der Waals surface area contributed by atoms with Crippen molar-refractivity contribution in [2.75, 3.05) is 6.26 Å². The number of hydrogen-bond acceptors (Lipinski definition) is 3. The topological polar surface area (TPSA) is 71.4 Å². The first-order valence-electron chi connectivity index (χ1n) is 5.66. The lowest BCUT2D eigenvalue weighted by Crippen LogP contribution is -2.15. The number of benzene rings is 1. The van der Waals surface area contributed by atoms with Crippen molar-refractivity contribution in [3.8, 4) is 0 Å². The van der Waals surface area contributed by atoms with Gasteiger partial charge in [-0.25, -0.2) is 8.42 Å². The minimum atomic E-state index is -3.34. The molecular weight excluding hydrogens is 252 g/mol. The zero-order valence-electron chi connectivity index (χ0n) is 11.0. The van der Waals surface area contributed by atoms with Gasteiger partial charge in [0.05, 0.1) is 10.8 Å². The quantitative estimate of drug-likeness (QED) is 0.908. The van der Waals surface area contributed by atoms with Crippen LogP contribution in [0.4, 0.5) is 0 Å². The Morgan fingerprint density at radius 1 is 1.28 bits per heavy atom. The van der Waals surface area contributed by atoms with Crippen molar-refractivity contribution in [2.24, 2.45) is 5.92 Å². The Labute approximate surface area is 108 Å². The molecule has 0 saturated heterocycles. The molecule has 1 unspecified atom stereocenters. The number of sulfone groups is 1. The van der Waals surface area contributed by atoms with Crippen LogP contribution in [0.1, 0.15) is 23.6 Å². The lowest BCUT2D eigenvalue weighted by atomic mass is 9.98. The second kappa shape index (κ2) is 5.10. The molecule has 1 rings (SSSR count). The first-order valence-corrected chi connectivity index (χ1v) is 7.55. The third-order valence-electron chi connectivity index (χ3n) is 3.02. The van der Waals surface area contributed by atoms with Crippen LogP contribution >= 0.6 is 0 Å². The second-order valence-corrected chi connectivity index (χ2v) is 6.74. The molecule has 0 amide bonds. The molecule has 0 fully saturated rings. The van der Waals surface area contributed by atoms with Crippen LogP contribution < -0.4 is 0 Å². The average molecular weight is 270 g/mol. The summed E-state index contributed by atoms with van der Waals surface area (Å²) in [4.78, 5) is 11.1. The minimum Gasteiger partial charge on any atom is -0.481 e. The van der Waals surface area contributed by atoms with Crippen LogP contribution in [0.25, 0.3) is 0 Å². The van der Waals surface area contributed by atoms with Crippen molar-refractivity contribution in [2.45, 2.75) is 32.1 Å². The first kappa shape index (κ1) is 14.7. The zero-order chi connectivity index (χ0) is 14.1. The van der Waals surface area contributed by atoms with E-state index in [4.69, 9.17) is 5.11 Å². The molecular formula is C13H18O4S. The van der Waals surface area contributed by atoms with Crippen molar-refractivity contribution in [1.82, 2.24) is 0 Å². The highest BCUT2D eigenvalue weighted by atomic mass is 32.2. The number of aryl methyl sites for hydroxylation is 2. The Bertz CT molecular complexity index is 573. The molecule has 1 aromatic rings. The summed E-state index contributed by atoms with van der Waals surface area (Å²) in [6, 6.07) is 3.39. The summed E-state index contributed by atoms with van der Waals surface area (Å²) >= 11 is 0. The van der Waals surface area contributed by atoms with Crippen LogP contribution in [0.5, 0.6) is 0 Å². The molecule has 0 bridgehead atoms. The Balaban J connectivity index is 3.33. The summed E-state index contributed by atoms with van der Waals surface area (Å²) in [5.41, 5.74) is 2.44. The number of carboxylic acids is 1. The molecule has 0 radical (unpaired) electrons. The highest BCUT2D eigenvalue weighted by Gasteiger charge is 2.19. The van der Waals surface area contributed by atoms with E-state index in [0.717, 1.165) is 17.4 Å². The highest BCUT2D eigenvalue weighted by Crippen LogP contribution is 2.23. The van der Waals surface area contributed by atoms with Crippen LogP contribution in [-0.4, -0.2) is 25.7 Å². The predicted molar refractivity (Wildman–Crippen MR) is 69.5 cm³/mol. The van der Waals surface area contributed by atoms with Gasteiger partial charge < -0.3 is 5.11 Å². The van der Waals surface area contributed by atoms with Gasteiger partial charge in [0.15, 0.2) is 9.84 Å². The molecule has 0 heterocycles. The van der Waals surface area contributed by atoms with Crippen molar-refractivity contribution in [1.29, 1.82) is 0 Å². The number of carbonyl (C=O) groups is 1. The van der Waals surface area contributed by atoms with Gasteiger partial charge in [-0.05, 0) is 43.0 Å². The van der Waals surface area contributed by atoms with Crippen LogP contribution in [-0.2, 0) is 21.1 Å². The van der Waals surface area contributed by atoms with E-state index in [0.29, 0.717) is 5.56 Å². The van der Waals surface area contributed by atoms with Gasteiger partial charge in [0.1, 0.15) is 0 Å². The van der Waals surface area contributed by atoms with Gasteiger partial charge >= 0.3 is 5.97 Å². The smallest absolute Gasteiger partial charge is 0.306 e. The van der Waals surface area contributed by atoms with E-state index in [2.05, 4.69) is 0 Å². The third-order valence-corrected chi connectivity index (χ3v) is 4.20. The predicted octanol–water partition coefficient (Wildman–Crippen LogP) is 1.97. The van der Waals surface area contributed by atoms with Gasteiger partial charge in [0, 0.05) is 6.26 Å². The molecule has 0 aliphatic carbocycles. The summed E-state index contributed by atoms with van der Waals surface area (Å²) in [5, 5.41) is 8.91. The second-order valence-electron chi connectivity index (χ2n) is 4.76. The van der Waals surface area contributed by atoms with Crippen LogP contribution in [0.3, 0.4) is 0 Å². The maximum atomic E-state index is 11.7. The maximum absolute atomic E-state index is 11.7. The average Bonchev–Trinajstić information content (AvgIpc) is 2.21. The lowest BCUT2D eigenvalue weighted by molar-refractivity contribution is -0.141. The monoisotopic (exact) mass is 270 g/mol. The van der Waals surface area contributed by atoms with Gasteiger partial charge in [0.25, 0.3) is 0 Å². The molecule has 5 heteroatoms. The molecule has 0 aliphatic heterocycles. The SMILES string of the molecule is Cc1cc(CC(C)C(=O)O)c(S(C)(=O)=O)cc1C. The van der Waals surface area contributed by atoms with Crippen molar-refractivity contribution >= 4 is 15.8 Å². The Morgan fingerprint density at radius 3 is 2.22 bits per heavy atom. The summed E-state index contributed by atoms with van der Waals surface area (Å²) in [5.74, 6) is -1.53.